The van der Waals surface area contributed by atoms with Crippen molar-refractivity contribution < 1.29 is 0 Å². The summed E-state index contributed by atoms with van der Waals surface area (Å²) in [6.45, 7) is 2.06. The van der Waals surface area contributed by atoms with Crippen molar-refractivity contribution in [1.82, 2.24) is 9.99 Å². The van der Waals surface area contributed by atoms with Crippen LogP contribution < -0.4 is 5.43 Å². The Morgan fingerprint density at radius 2 is 2.13 bits per heavy atom. The number of nitriles is 1. The smallest absolute Gasteiger partial charge is 0.158 e. The second-order valence-corrected chi connectivity index (χ2v) is 3.67. The lowest BCUT2D eigenvalue weighted by atomic mass is 10.2. The molecule has 0 amide bonds. The highest BCUT2D eigenvalue weighted by Crippen LogP contribution is 2.14. The van der Waals surface area contributed by atoms with E-state index in [1.54, 1.807) is 18.3 Å². The van der Waals surface area contributed by atoms with Crippen LogP contribution in [0.1, 0.15) is 24.8 Å². The van der Waals surface area contributed by atoms with Gasteiger partial charge in [0, 0.05) is 19.3 Å². The zero-order valence-electron chi connectivity index (χ0n) is 8.61. The number of aromatic nitrogens is 1. The Bertz CT molecular complexity index is 363. The summed E-state index contributed by atoms with van der Waals surface area (Å²) < 4.78 is 0. The van der Waals surface area contributed by atoms with Crippen LogP contribution >= 0.6 is 0 Å². The first-order valence-corrected chi connectivity index (χ1v) is 5.27. The number of anilines is 1. The molecule has 0 atom stereocenters. The summed E-state index contributed by atoms with van der Waals surface area (Å²) in [6.07, 6.45) is 5.42. The molecule has 1 aromatic heterocycles. The molecule has 0 aromatic carbocycles. The molecule has 2 heterocycles. The minimum absolute atomic E-state index is 0.600. The van der Waals surface area contributed by atoms with E-state index >= 15 is 0 Å². The van der Waals surface area contributed by atoms with Gasteiger partial charge in [-0.25, -0.2) is 9.99 Å². The Morgan fingerprint density at radius 3 is 2.87 bits per heavy atom. The van der Waals surface area contributed by atoms with Gasteiger partial charge in [0.25, 0.3) is 0 Å². The van der Waals surface area contributed by atoms with Crippen molar-refractivity contribution in [1.29, 1.82) is 5.26 Å². The standard InChI is InChI=1S/C11H14N4/c12-9-10-5-4-6-13-11(10)14-15-7-2-1-3-8-15/h4-6H,1-3,7-8H2,(H,13,14). The molecule has 4 heteroatoms. The molecule has 2 rings (SSSR count). The lowest BCUT2D eigenvalue weighted by Gasteiger charge is -2.27. The monoisotopic (exact) mass is 202 g/mol. The Labute approximate surface area is 89.5 Å². The third-order valence-electron chi connectivity index (χ3n) is 2.55. The van der Waals surface area contributed by atoms with E-state index in [1.807, 2.05) is 0 Å². The SMILES string of the molecule is N#Cc1cccnc1NN1CCCCC1. The van der Waals surface area contributed by atoms with Gasteiger partial charge >= 0.3 is 0 Å². The predicted molar refractivity (Wildman–Crippen MR) is 58.0 cm³/mol. The highest BCUT2D eigenvalue weighted by molar-refractivity contribution is 5.50. The lowest BCUT2D eigenvalue weighted by Crippen LogP contribution is -2.35. The summed E-state index contributed by atoms with van der Waals surface area (Å²) in [6, 6.07) is 5.69. The van der Waals surface area contributed by atoms with Crippen molar-refractivity contribution in [3.05, 3.63) is 23.9 Å². The third kappa shape index (κ3) is 2.45. The topological polar surface area (TPSA) is 52.0 Å². The maximum Gasteiger partial charge on any atom is 0.158 e. The van der Waals surface area contributed by atoms with Crippen LogP contribution in [0.5, 0.6) is 0 Å². The van der Waals surface area contributed by atoms with E-state index in [1.165, 1.54) is 19.3 Å². The van der Waals surface area contributed by atoms with E-state index in [2.05, 4.69) is 21.5 Å². The molecule has 0 bridgehead atoms. The van der Waals surface area contributed by atoms with Gasteiger partial charge in [0.1, 0.15) is 6.07 Å². The summed E-state index contributed by atoms with van der Waals surface area (Å²) in [7, 11) is 0. The Hall–Kier alpha value is -1.60. The van der Waals surface area contributed by atoms with Crippen molar-refractivity contribution in [3.8, 4) is 6.07 Å². The van der Waals surface area contributed by atoms with Crippen LogP contribution in [0.4, 0.5) is 5.82 Å². The molecular weight excluding hydrogens is 188 g/mol. The van der Waals surface area contributed by atoms with Crippen molar-refractivity contribution in [2.45, 2.75) is 19.3 Å². The zero-order chi connectivity index (χ0) is 10.5. The maximum atomic E-state index is 8.90. The number of hydrazine groups is 1. The average Bonchev–Trinajstić information content (AvgIpc) is 2.31. The fourth-order valence-electron chi connectivity index (χ4n) is 1.74. The number of nitrogens with zero attached hydrogens (tertiary/aromatic N) is 3. The van der Waals surface area contributed by atoms with Gasteiger partial charge in [0.2, 0.25) is 0 Å². The number of hydrogen-bond donors (Lipinski definition) is 1. The summed E-state index contributed by atoms with van der Waals surface area (Å²) in [5, 5.41) is 11.0. The first-order chi connectivity index (χ1) is 7.40. The molecule has 78 valence electrons. The van der Waals surface area contributed by atoms with Gasteiger partial charge in [-0.05, 0) is 25.0 Å². The van der Waals surface area contributed by atoms with Crippen LogP contribution in [0, 0.1) is 11.3 Å². The fraction of sp³-hybridized carbons (Fsp3) is 0.455. The quantitative estimate of drug-likeness (QED) is 0.794. The number of piperidine rings is 1. The van der Waals surface area contributed by atoms with Gasteiger partial charge in [-0.3, -0.25) is 0 Å². The Morgan fingerprint density at radius 1 is 1.33 bits per heavy atom. The van der Waals surface area contributed by atoms with E-state index < -0.39 is 0 Å². The molecule has 15 heavy (non-hydrogen) atoms. The van der Waals surface area contributed by atoms with Crippen LogP contribution in [0.15, 0.2) is 18.3 Å². The second-order valence-electron chi connectivity index (χ2n) is 3.67. The highest BCUT2D eigenvalue weighted by atomic mass is 15.5. The van der Waals surface area contributed by atoms with Crippen molar-refractivity contribution in [3.63, 3.8) is 0 Å². The number of pyridine rings is 1. The van der Waals surface area contributed by atoms with Crippen LogP contribution in [0.25, 0.3) is 0 Å². The minimum Gasteiger partial charge on any atom is -0.302 e. The Balaban J connectivity index is 2.06. The number of hydrogen-bond acceptors (Lipinski definition) is 4. The molecule has 1 N–H and O–H groups in total. The van der Waals surface area contributed by atoms with Crippen molar-refractivity contribution in [2.75, 3.05) is 18.5 Å². The van der Waals surface area contributed by atoms with E-state index in [0.717, 1.165) is 13.1 Å². The second kappa shape index (κ2) is 4.76. The molecule has 0 unspecified atom stereocenters. The summed E-state index contributed by atoms with van der Waals surface area (Å²) >= 11 is 0. The highest BCUT2D eigenvalue weighted by Gasteiger charge is 2.11. The molecule has 0 saturated carbocycles. The normalized spacial score (nSPS) is 17.0. The van der Waals surface area contributed by atoms with Gasteiger partial charge in [-0.1, -0.05) is 6.42 Å². The minimum atomic E-state index is 0.600. The number of rotatable bonds is 2. The van der Waals surface area contributed by atoms with Crippen LogP contribution in [-0.4, -0.2) is 23.1 Å². The zero-order valence-corrected chi connectivity index (χ0v) is 8.61. The van der Waals surface area contributed by atoms with Crippen LogP contribution in [0.3, 0.4) is 0 Å². The molecule has 1 aliphatic heterocycles. The first kappa shape index (κ1) is 9.94. The Kier molecular flexibility index (Phi) is 3.15. The fourth-order valence-corrected chi connectivity index (χ4v) is 1.74. The molecule has 1 saturated heterocycles. The van der Waals surface area contributed by atoms with Gasteiger partial charge in [0.05, 0.1) is 5.56 Å². The predicted octanol–water partition coefficient (Wildman–Crippen LogP) is 1.77. The molecule has 1 fully saturated rings. The molecule has 0 radical (unpaired) electrons. The lowest BCUT2D eigenvalue weighted by molar-refractivity contribution is 0.272. The molecule has 1 aromatic rings. The molecular formula is C11H14N4. The molecule has 0 aliphatic carbocycles. The molecule has 0 spiro atoms. The van der Waals surface area contributed by atoms with Gasteiger partial charge in [0.15, 0.2) is 5.82 Å². The van der Waals surface area contributed by atoms with E-state index in [-0.39, 0.29) is 0 Å². The number of nitrogens with one attached hydrogen (secondary N) is 1. The van der Waals surface area contributed by atoms with E-state index in [0.29, 0.717) is 11.4 Å². The summed E-state index contributed by atoms with van der Waals surface area (Å²) in [5.74, 6) is 0.668. The van der Waals surface area contributed by atoms with Crippen molar-refractivity contribution >= 4 is 5.82 Å². The van der Waals surface area contributed by atoms with E-state index in [4.69, 9.17) is 5.26 Å². The largest absolute Gasteiger partial charge is 0.302 e. The maximum absolute atomic E-state index is 8.90. The van der Waals surface area contributed by atoms with Crippen LogP contribution in [0.2, 0.25) is 0 Å². The van der Waals surface area contributed by atoms with Crippen LogP contribution in [-0.2, 0) is 0 Å². The first-order valence-electron chi connectivity index (χ1n) is 5.27. The average molecular weight is 202 g/mol. The summed E-state index contributed by atoms with van der Waals surface area (Å²) in [5.41, 5.74) is 3.80. The van der Waals surface area contributed by atoms with Gasteiger partial charge in [-0.15, -0.1) is 0 Å². The van der Waals surface area contributed by atoms with Crippen molar-refractivity contribution in [2.24, 2.45) is 0 Å². The molecule has 4 nitrogen and oxygen atoms in total. The van der Waals surface area contributed by atoms with Gasteiger partial charge in [-0.2, -0.15) is 5.26 Å². The van der Waals surface area contributed by atoms with E-state index in [9.17, 15) is 0 Å². The third-order valence-corrected chi connectivity index (χ3v) is 2.55. The molecule has 1 aliphatic rings. The van der Waals surface area contributed by atoms with Gasteiger partial charge < -0.3 is 5.43 Å². The summed E-state index contributed by atoms with van der Waals surface area (Å²) in [4.78, 5) is 4.17.